The van der Waals surface area contributed by atoms with Gasteiger partial charge in [0.1, 0.15) is 18.2 Å². The first-order valence-corrected chi connectivity index (χ1v) is 9.52. The van der Waals surface area contributed by atoms with Crippen LogP contribution in [-0.4, -0.2) is 24.0 Å². The molecule has 2 aliphatic rings. The van der Waals surface area contributed by atoms with E-state index in [1.54, 1.807) is 12.1 Å². The van der Waals surface area contributed by atoms with Gasteiger partial charge in [0.25, 0.3) is 0 Å². The molecule has 4 nitrogen and oxygen atoms in total. The number of carbonyl (C=O) groups is 1. The van der Waals surface area contributed by atoms with E-state index in [2.05, 4.69) is 34.7 Å². The summed E-state index contributed by atoms with van der Waals surface area (Å²) in [6, 6.07) is 11.4. The van der Waals surface area contributed by atoms with Gasteiger partial charge >= 0.3 is 0 Å². The molecule has 0 bridgehead atoms. The molecule has 0 atom stereocenters. The van der Waals surface area contributed by atoms with E-state index in [1.165, 1.54) is 0 Å². The van der Waals surface area contributed by atoms with Crippen LogP contribution in [0.2, 0.25) is 0 Å². The Morgan fingerprint density at radius 3 is 2.81 bits per heavy atom. The van der Waals surface area contributed by atoms with Gasteiger partial charge in [-0.2, -0.15) is 0 Å². The minimum Gasteiger partial charge on any atom is -0.478 e. The van der Waals surface area contributed by atoms with Crippen molar-refractivity contribution in [3.63, 3.8) is 0 Å². The summed E-state index contributed by atoms with van der Waals surface area (Å²) in [7, 11) is 0. The topological polar surface area (TPSA) is 38.8 Å². The van der Waals surface area contributed by atoms with Crippen LogP contribution in [0.1, 0.15) is 35.3 Å². The Labute approximate surface area is 161 Å². The van der Waals surface area contributed by atoms with Crippen LogP contribution >= 0.6 is 15.9 Å². The molecule has 0 amide bonds. The van der Waals surface area contributed by atoms with Crippen molar-refractivity contribution < 1.29 is 14.3 Å². The van der Waals surface area contributed by atoms with Gasteiger partial charge in [-0.3, -0.25) is 9.69 Å². The number of halogens is 1. The Hall–Kier alpha value is -2.11. The van der Waals surface area contributed by atoms with Crippen molar-refractivity contribution in [3.05, 3.63) is 63.3 Å². The molecule has 0 aliphatic carbocycles. The molecule has 0 saturated carbocycles. The molecule has 0 unspecified atom stereocenters. The summed E-state index contributed by atoms with van der Waals surface area (Å²) in [5.41, 5.74) is 2.48. The Morgan fingerprint density at radius 1 is 1.23 bits per heavy atom. The summed E-state index contributed by atoms with van der Waals surface area (Å²) in [6.45, 7) is 6.60. The highest BCUT2D eigenvalue weighted by atomic mass is 79.9. The Morgan fingerprint density at radius 2 is 2.04 bits per heavy atom. The third-order valence-electron chi connectivity index (χ3n) is 4.50. The van der Waals surface area contributed by atoms with Crippen LogP contribution in [0.5, 0.6) is 11.5 Å². The summed E-state index contributed by atoms with van der Waals surface area (Å²) >= 11 is 3.51. The van der Waals surface area contributed by atoms with Crippen LogP contribution in [0.3, 0.4) is 0 Å². The molecule has 2 aromatic rings. The summed E-state index contributed by atoms with van der Waals surface area (Å²) in [4.78, 5) is 15.0. The van der Waals surface area contributed by atoms with Gasteiger partial charge in [0.15, 0.2) is 5.76 Å². The fourth-order valence-electron chi connectivity index (χ4n) is 3.37. The average molecular weight is 414 g/mol. The van der Waals surface area contributed by atoms with E-state index in [1.807, 2.05) is 30.3 Å². The van der Waals surface area contributed by atoms with Crippen LogP contribution in [0.15, 0.2) is 46.6 Å². The molecule has 2 heterocycles. The molecule has 0 aromatic heterocycles. The van der Waals surface area contributed by atoms with E-state index >= 15 is 0 Å². The van der Waals surface area contributed by atoms with Crippen molar-refractivity contribution in [2.45, 2.75) is 20.4 Å². The summed E-state index contributed by atoms with van der Waals surface area (Å²) in [5.74, 6) is 2.25. The second-order valence-electron chi connectivity index (χ2n) is 7.06. The normalized spacial score (nSPS) is 17.8. The Bertz CT molecular complexity index is 904. The lowest BCUT2D eigenvalue weighted by molar-refractivity contribution is 0.0832. The van der Waals surface area contributed by atoms with Crippen LogP contribution in [-0.2, 0) is 6.54 Å². The molecule has 0 saturated heterocycles. The van der Waals surface area contributed by atoms with E-state index in [9.17, 15) is 4.79 Å². The fraction of sp³-hybridized carbons (Fsp3) is 0.286. The van der Waals surface area contributed by atoms with Crippen LogP contribution in [0.25, 0.3) is 6.08 Å². The maximum atomic E-state index is 12.8. The van der Waals surface area contributed by atoms with Gasteiger partial charge in [-0.05, 0) is 35.8 Å². The number of ether oxygens (including phenoxy) is 2. The predicted molar refractivity (Wildman–Crippen MR) is 104 cm³/mol. The first-order valence-electron chi connectivity index (χ1n) is 8.72. The molecule has 0 N–H and O–H groups in total. The molecule has 2 aromatic carbocycles. The zero-order valence-corrected chi connectivity index (χ0v) is 16.4. The van der Waals surface area contributed by atoms with Gasteiger partial charge in [0.2, 0.25) is 5.78 Å². The minimum absolute atomic E-state index is 0.0838. The second-order valence-corrected chi connectivity index (χ2v) is 7.91. The monoisotopic (exact) mass is 413 g/mol. The lowest BCUT2D eigenvalue weighted by atomic mass is 10.0. The number of hydrogen-bond acceptors (Lipinski definition) is 4. The van der Waals surface area contributed by atoms with Gasteiger partial charge in [-0.25, -0.2) is 0 Å². The maximum absolute atomic E-state index is 12.8. The molecule has 0 fully saturated rings. The number of benzene rings is 2. The van der Waals surface area contributed by atoms with Gasteiger partial charge in [0.05, 0.1) is 11.1 Å². The number of nitrogens with zero attached hydrogens (tertiary/aromatic N) is 1. The van der Waals surface area contributed by atoms with E-state index in [-0.39, 0.29) is 5.78 Å². The number of fused-ring (bicyclic) bond motifs is 3. The van der Waals surface area contributed by atoms with Gasteiger partial charge in [-0.1, -0.05) is 48.0 Å². The molecular weight excluding hydrogens is 394 g/mol. The molecule has 0 spiro atoms. The van der Waals surface area contributed by atoms with Crippen molar-refractivity contribution >= 4 is 27.8 Å². The zero-order chi connectivity index (χ0) is 18.3. The predicted octanol–water partition coefficient (Wildman–Crippen LogP) is 4.87. The molecule has 5 heteroatoms. The number of carbonyl (C=O) groups excluding carboxylic acids is 1. The summed E-state index contributed by atoms with van der Waals surface area (Å²) in [5, 5.41) is 0. The highest BCUT2D eigenvalue weighted by Crippen LogP contribution is 2.42. The van der Waals surface area contributed by atoms with E-state index in [0.29, 0.717) is 29.7 Å². The average Bonchev–Trinajstić information content (AvgIpc) is 2.93. The van der Waals surface area contributed by atoms with Gasteiger partial charge < -0.3 is 9.47 Å². The fourth-order valence-corrected chi connectivity index (χ4v) is 3.77. The lowest BCUT2D eigenvalue weighted by Gasteiger charge is -2.30. The number of hydrogen-bond donors (Lipinski definition) is 0. The third-order valence-corrected chi connectivity index (χ3v) is 5.22. The molecule has 134 valence electrons. The van der Waals surface area contributed by atoms with Crippen LogP contribution in [0, 0.1) is 5.92 Å². The Kier molecular flexibility index (Phi) is 4.59. The highest BCUT2D eigenvalue weighted by molar-refractivity contribution is 9.10. The lowest BCUT2D eigenvalue weighted by Crippen LogP contribution is -2.34. The first-order chi connectivity index (χ1) is 12.5. The molecule has 4 rings (SSSR count). The SMILES string of the molecule is CC(C)CN1COc2ccc3c(c2C1)O/C(=C\c1ccccc1Br)C3=O. The largest absolute Gasteiger partial charge is 0.478 e. The number of allylic oxidation sites excluding steroid dienone is 1. The van der Waals surface area contributed by atoms with E-state index in [0.717, 1.165) is 34.4 Å². The third kappa shape index (κ3) is 3.17. The zero-order valence-electron chi connectivity index (χ0n) is 14.8. The molecule has 2 aliphatic heterocycles. The first kappa shape index (κ1) is 17.3. The smallest absolute Gasteiger partial charge is 0.231 e. The summed E-state index contributed by atoms with van der Waals surface area (Å²) in [6.07, 6.45) is 1.79. The highest BCUT2D eigenvalue weighted by Gasteiger charge is 2.33. The number of rotatable bonds is 3. The summed E-state index contributed by atoms with van der Waals surface area (Å²) < 4.78 is 12.8. The minimum atomic E-state index is -0.0838. The maximum Gasteiger partial charge on any atom is 0.231 e. The van der Waals surface area contributed by atoms with Crippen molar-refractivity contribution in [1.82, 2.24) is 4.90 Å². The van der Waals surface area contributed by atoms with E-state index in [4.69, 9.17) is 9.47 Å². The number of ketones is 1. The van der Waals surface area contributed by atoms with Crippen molar-refractivity contribution in [2.24, 2.45) is 5.92 Å². The van der Waals surface area contributed by atoms with Crippen LogP contribution in [0.4, 0.5) is 0 Å². The molecular formula is C21H20BrNO3. The molecule has 26 heavy (non-hydrogen) atoms. The van der Waals surface area contributed by atoms with Crippen molar-refractivity contribution in [3.8, 4) is 11.5 Å². The second kappa shape index (κ2) is 6.89. The Balaban J connectivity index is 1.68. The van der Waals surface area contributed by atoms with Gasteiger partial charge in [0, 0.05) is 17.6 Å². The van der Waals surface area contributed by atoms with E-state index < -0.39 is 0 Å². The van der Waals surface area contributed by atoms with Gasteiger partial charge in [-0.15, -0.1) is 0 Å². The van der Waals surface area contributed by atoms with Crippen molar-refractivity contribution in [2.75, 3.05) is 13.3 Å². The van der Waals surface area contributed by atoms with Crippen LogP contribution < -0.4 is 9.47 Å². The molecule has 0 radical (unpaired) electrons. The standard InChI is InChI=1S/C21H20BrNO3/c1-13(2)10-23-11-16-18(25-12-23)8-7-15-20(24)19(26-21(15)16)9-14-5-3-4-6-17(14)22/h3-9,13H,10-12H2,1-2H3/b19-9-. The number of Topliss-reactive ketones (excluding diaryl/α,β-unsaturated/α-hetero) is 1. The van der Waals surface area contributed by atoms with Crippen molar-refractivity contribution in [1.29, 1.82) is 0 Å². The quantitative estimate of drug-likeness (QED) is 0.672.